The predicted octanol–water partition coefficient (Wildman–Crippen LogP) is 2.13. The van der Waals surface area contributed by atoms with Gasteiger partial charge in [-0.05, 0) is 26.0 Å². The fourth-order valence-corrected chi connectivity index (χ4v) is 1.10. The number of rotatable bonds is 4. The quantitative estimate of drug-likeness (QED) is 0.560. The number of ether oxygens (including phenoxy) is 1. The summed E-state index contributed by atoms with van der Waals surface area (Å²) in [6.07, 6.45) is 3.55. The molecule has 0 saturated carbocycles. The van der Waals surface area contributed by atoms with Crippen LogP contribution in [0.15, 0.2) is 29.5 Å². The molecule has 0 amide bonds. The second kappa shape index (κ2) is 5.90. The average Bonchev–Trinajstić information content (AvgIpc) is 2.19. The Labute approximate surface area is 89.0 Å². The molecule has 0 saturated heterocycles. The molecule has 0 unspecified atom stereocenters. The third-order valence-corrected chi connectivity index (χ3v) is 1.67. The van der Waals surface area contributed by atoms with Gasteiger partial charge < -0.3 is 4.74 Å². The molecule has 0 fully saturated rings. The number of carbonyl (C=O) groups excluding carboxylic acids is 1. The number of hydrogen-bond donors (Lipinski definition) is 0. The predicted molar refractivity (Wildman–Crippen MR) is 58.3 cm³/mol. The summed E-state index contributed by atoms with van der Waals surface area (Å²) < 4.78 is 4.81. The van der Waals surface area contributed by atoms with Crippen LogP contribution in [0.2, 0.25) is 0 Å². The van der Waals surface area contributed by atoms with Crippen molar-refractivity contribution in [2.24, 2.45) is 4.99 Å². The van der Waals surface area contributed by atoms with Crippen LogP contribution in [0.4, 0.5) is 5.69 Å². The van der Waals surface area contributed by atoms with Gasteiger partial charge in [0.2, 0.25) is 0 Å². The molecule has 0 atom stereocenters. The molecule has 0 aliphatic carbocycles. The van der Waals surface area contributed by atoms with Crippen molar-refractivity contribution < 1.29 is 9.53 Å². The Morgan fingerprint density at radius 3 is 3.00 bits per heavy atom. The lowest BCUT2D eigenvalue weighted by molar-refractivity contribution is -0.141. The molecular formula is C11H14N2O2. The van der Waals surface area contributed by atoms with Crippen LogP contribution in [0.3, 0.4) is 0 Å². The number of aliphatic imine (C=N–C) groups is 1. The van der Waals surface area contributed by atoms with Crippen molar-refractivity contribution in [1.29, 1.82) is 0 Å². The molecule has 0 radical (unpaired) electrons. The summed E-state index contributed by atoms with van der Waals surface area (Å²) >= 11 is 0. The van der Waals surface area contributed by atoms with Gasteiger partial charge in [0.15, 0.2) is 0 Å². The smallest absolute Gasteiger partial charge is 0.311 e. The van der Waals surface area contributed by atoms with Gasteiger partial charge >= 0.3 is 5.97 Å². The van der Waals surface area contributed by atoms with Gasteiger partial charge in [0.1, 0.15) is 0 Å². The molecule has 80 valence electrons. The number of nitrogens with zero attached hydrogens (tertiary/aromatic N) is 2. The van der Waals surface area contributed by atoms with Crippen molar-refractivity contribution in [3.05, 3.63) is 24.5 Å². The largest absolute Gasteiger partial charge is 0.466 e. The van der Waals surface area contributed by atoms with Crippen molar-refractivity contribution >= 4 is 17.4 Å². The highest BCUT2D eigenvalue weighted by atomic mass is 16.5. The van der Waals surface area contributed by atoms with E-state index in [9.17, 15) is 4.79 Å². The van der Waals surface area contributed by atoms with Crippen molar-refractivity contribution in [2.75, 3.05) is 6.61 Å². The third kappa shape index (κ3) is 4.35. The summed E-state index contributed by atoms with van der Waals surface area (Å²) in [7, 11) is 0. The van der Waals surface area contributed by atoms with Crippen LogP contribution in [-0.2, 0) is 9.53 Å². The van der Waals surface area contributed by atoms with Crippen molar-refractivity contribution in [3.8, 4) is 0 Å². The first-order chi connectivity index (χ1) is 7.22. The molecule has 0 aliphatic heterocycles. The summed E-state index contributed by atoms with van der Waals surface area (Å²) in [6, 6.07) is 3.64. The van der Waals surface area contributed by atoms with Gasteiger partial charge in [0.05, 0.1) is 24.9 Å². The maximum Gasteiger partial charge on any atom is 0.311 e. The van der Waals surface area contributed by atoms with E-state index >= 15 is 0 Å². The first kappa shape index (κ1) is 11.4. The number of esters is 1. The first-order valence-electron chi connectivity index (χ1n) is 4.82. The van der Waals surface area contributed by atoms with Gasteiger partial charge in [0.25, 0.3) is 0 Å². The summed E-state index contributed by atoms with van der Waals surface area (Å²) in [5, 5.41) is 0. The zero-order valence-corrected chi connectivity index (χ0v) is 8.93. The molecule has 15 heavy (non-hydrogen) atoms. The second-order valence-corrected chi connectivity index (χ2v) is 3.04. The van der Waals surface area contributed by atoms with Crippen LogP contribution in [0, 0.1) is 0 Å². The molecule has 0 bridgehead atoms. The molecule has 1 rings (SSSR count). The standard InChI is InChI=1S/C11H14N2O2/c1-3-15-11(14)7-9(2)13-10-5-4-6-12-8-10/h4-6,8H,3,7H2,1-2H3. The SMILES string of the molecule is CCOC(=O)CC(C)=Nc1cccnc1. The molecule has 1 aromatic rings. The fourth-order valence-electron chi connectivity index (χ4n) is 1.10. The molecule has 0 aliphatic rings. The zero-order chi connectivity index (χ0) is 11.1. The number of hydrogen-bond acceptors (Lipinski definition) is 4. The lowest BCUT2D eigenvalue weighted by Crippen LogP contribution is -2.08. The van der Waals surface area contributed by atoms with E-state index in [0.29, 0.717) is 6.61 Å². The molecule has 1 aromatic heterocycles. The summed E-state index contributed by atoms with van der Waals surface area (Å²) in [5.74, 6) is -0.248. The minimum absolute atomic E-state index is 0.225. The fraction of sp³-hybridized carbons (Fsp3) is 0.364. The van der Waals surface area contributed by atoms with Gasteiger partial charge in [0, 0.05) is 11.9 Å². The minimum Gasteiger partial charge on any atom is -0.466 e. The lowest BCUT2D eigenvalue weighted by Gasteiger charge is -2.01. The first-order valence-corrected chi connectivity index (χ1v) is 4.82. The Hall–Kier alpha value is -1.71. The molecule has 0 spiro atoms. The van der Waals surface area contributed by atoms with Crippen LogP contribution in [0.5, 0.6) is 0 Å². The Morgan fingerprint density at radius 2 is 2.40 bits per heavy atom. The van der Waals surface area contributed by atoms with E-state index in [2.05, 4.69) is 9.98 Å². The topological polar surface area (TPSA) is 51.5 Å². The molecular weight excluding hydrogens is 192 g/mol. The molecule has 0 aromatic carbocycles. The molecule has 4 nitrogen and oxygen atoms in total. The van der Waals surface area contributed by atoms with E-state index in [0.717, 1.165) is 11.4 Å². The summed E-state index contributed by atoms with van der Waals surface area (Å²) in [5.41, 5.74) is 1.47. The Balaban J connectivity index is 2.57. The number of pyridine rings is 1. The maximum atomic E-state index is 11.1. The zero-order valence-electron chi connectivity index (χ0n) is 8.93. The molecule has 0 N–H and O–H groups in total. The highest BCUT2D eigenvalue weighted by molar-refractivity contribution is 5.98. The van der Waals surface area contributed by atoms with Gasteiger partial charge in [-0.15, -0.1) is 0 Å². The Kier molecular flexibility index (Phi) is 4.47. The molecule has 4 heteroatoms. The van der Waals surface area contributed by atoms with Crippen molar-refractivity contribution in [3.63, 3.8) is 0 Å². The van der Waals surface area contributed by atoms with Gasteiger partial charge in [-0.2, -0.15) is 0 Å². The van der Waals surface area contributed by atoms with E-state index in [1.54, 1.807) is 32.3 Å². The van der Waals surface area contributed by atoms with Crippen LogP contribution < -0.4 is 0 Å². The lowest BCUT2D eigenvalue weighted by atomic mass is 10.3. The Bertz CT molecular complexity index is 347. The van der Waals surface area contributed by atoms with Crippen LogP contribution in [0.25, 0.3) is 0 Å². The van der Waals surface area contributed by atoms with Gasteiger partial charge in [-0.3, -0.25) is 14.8 Å². The summed E-state index contributed by atoms with van der Waals surface area (Å²) in [6.45, 7) is 3.98. The highest BCUT2D eigenvalue weighted by Gasteiger charge is 2.03. The maximum absolute atomic E-state index is 11.1. The van der Waals surface area contributed by atoms with Crippen molar-refractivity contribution in [2.45, 2.75) is 20.3 Å². The van der Waals surface area contributed by atoms with E-state index in [-0.39, 0.29) is 12.4 Å². The van der Waals surface area contributed by atoms with Crippen molar-refractivity contribution in [1.82, 2.24) is 4.98 Å². The number of aromatic nitrogens is 1. The normalized spacial score (nSPS) is 11.2. The van der Waals surface area contributed by atoms with Crippen LogP contribution in [-0.4, -0.2) is 23.3 Å². The number of carbonyl (C=O) groups is 1. The third-order valence-electron chi connectivity index (χ3n) is 1.67. The molecule has 1 heterocycles. The van der Waals surface area contributed by atoms with E-state index < -0.39 is 0 Å². The van der Waals surface area contributed by atoms with E-state index in [4.69, 9.17) is 4.74 Å². The second-order valence-electron chi connectivity index (χ2n) is 3.04. The minimum atomic E-state index is -0.248. The van der Waals surface area contributed by atoms with E-state index in [1.165, 1.54) is 0 Å². The van der Waals surface area contributed by atoms with Gasteiger partial charge in [-0.25, -0.2) is 0 Å². The Morgan fingerprint density at radius 1 is 1.60 bits per heavy atom. The summed E-state index contributed by atoms with van der Waals surface area (Å²) in [4.78, 5) is 19.3. The average molecular weight is 206 g/mol. The van der Waals surface area contributed by atoms with Gasteiger partial charge in [-0.1, -0.05) is 0 Å². The monoisotopic (exact) mass is 206 g/mol. The highest BCUT2D eigenvalue weighted by Crippen LogP contribution is 2.09. The van der Waals surface area contributed by atoms with Crippen LogP contribution >= 0.6 is 0 Å². The van der Waals surface area contributed by atoms with Crippen LogP contribution in [0.1, 0.15) is 20.3 Å². The van der Waals surface area contributed by atoms with E-state index in [1.807, 2.05) is 6.07 Å².